The molecule has 1 saturated heterocycles. The van der Waals surface area contributed by atoms with Crippen molar-refractivity contribution >= 4 is 24.0 Å². The van der Waals surface area contributed by atoms with Gasteiger partial charge in [0.2, 0.25) is 5.91 Å². The maximum Gasteiger partial charge on any atom is 0.244 e. The van der Waals surface area contributed by atoms with Crippen molar-refractivity contribution in [1.29, 1.82) is 0 Å². The van der Waals surface area contributed by atoms with Crippen molar-refractivity contribution in [1.82, 2.24) is 10.2 Å². The van der Waals surface area contributed by atoms with Gasteiger partial charge in [0.1, 0.15) is 0 Å². The first kappa shape index (κ1) is 18.2. The van der Waals surface area contributed by atoms with E-state index in [0.717, 1.165) is 31.6 Å². The van der Waals surface area contributed by atoms with E-state index >= 15 is 0 Å². The number of benzene rings is 1. The zero-order valence-corrected chi connectivity index (χ0v) is 15.1. The van der Waals surface area contributed by atoms with Crippen LogP contribution < -0.4 is 10.2 Å². The van der Waals surface area contributed by atoms with Crippen molar-refractivity contribution in [2.24, 2.45) is 0 Å². The molecular formula is C18H28ClN3O. The van der Waals surface area contributed by atoms with E-state index in [-0.39, 0.29) is 30.4 Å². The second kappa shape index (κ2) is 7.65. The molecule has 4 nitrogen and oxygen atoms in total. The Morgan fingerprint density at radius 1 is 1.35 bits per heavy atom. The number of amides is 1. The van der Waals surface area contributed by atoms with Crippen LogP contribution >= 0.6 is 12.4 Å². The van der Waals surface area contributed by atoms with Crippen molar-refractivity contribution in [2.45, 2.75) is 51.2 Å². The fraction of sp³-hybridized carbons (Fsp3) is 0.611. The number of carbonyl (C=O) groups excluding carboxylic acids is 1. The number of carbonyl (C=O) groups is 1. The molecule has 128 valence electrons. The van der Waals surface area contributed by atoms with E-state index < -0.39 is 0 Å². The molecule has 0 aromatic heterocycles. The molecule has 1 amide bonds. The topological polar surface area (TPSA) is 35.6 Å². The Labute approximate surface area is 145 Å². The van der Waals surface area contributed by atoms with Crippen LogP contribution in [-0.2, 0) is 11.2 Å². The summed E-state index contributed by atoms with van der Waals surface area (Å²) in [5.41, 5.74) is 2.40. The minimum atomic E-state index is -0.0512. The fourth-order valence-electron chi connectivity index (χ4n) is 3.85. The van der Waals surface area contributed by atoms with E-state index in [2.05, 4.69) is 42.3 Å². The Hall–Kier alpha value is -1.10. The number of likely N-dealkylation sites (tertiary alicyclic amines) is 1. The zero-order chi connectivity index (χ0) is 15.7. The van der Waals surface area contributed by atoms with Gasteiger partial charge in [0.15, 0.2) is 0 Å². The highest BCUT2D eigenvalue weighted by atomic mass is 35.5. The molecule has 3 unspecified atom stereocenters. The quantitative estimate of drug-likeness (QED) is 0.920. The highest BCUT2D eigenvalue weighted by Gasteiger charge is 2.36. The third-order valence-electron chi connectivity index (χ3n) is 5.21. The van der Waals surface area contributed by atoms with E-state index in [4.69, 9.17) is 0 Å². The summed E-state index contributed by atoms with van der Waals surface area (Å²) < 4.78 is 0. The van der Waals surface area contributed by atoms with E-state index in [1.165, 1.54) is 12.0 Å². The predicted octanol–water partition coefficient (Wildman–Crippen LogP) is 2.46. The number of rotatable bonds is 3. The largest absolute Gasteiger partial charge is 0.316 e. The maximum atomic E-state index is 13.1. The van der Waals surface area contributed by atoms with Gasteiger partial charge in [0.25, 0.3) is 0 Å². The average molecular weight is 338 g/mol. The van der Waals surface area contributed by atoms with Crippen LogP contribution in [0.4, 0.5) is 5.69 Å². The van der Waals surface area contributed by atoms with Gasteiger partial charge in [-0.2, -0.15) is 0 Å². The Balaban J connectivity index is 0.00000192. The molecule has 5 heteroatoms. The summed E-state index contributed by atoms with van der Waals surface area (Å²) in [7, 11) is 2.01. The van der Waals surface area contributed by atoms with Gasteiger partial charge >= 0.3 is 0 Å². The van der Waals surface area contributed by atoms with Crippen LogP contribution in [0.2, 0.25) is 0 Å². The van der Waals surface area contributed by atoms with Crippen LogP contribution in [0.25, 0.3) is 0 Å². The summed E-state index contributed by atoms with van der Waals surface area (Å²) in [5.74, 6) is 0.245. The van der Waals surface area contributed by atoms with E-state index in [1.807, 2.05) is 18.0 Å². The lowest BCUT2D eigenvalue weighted by atomic mass is 10.0. The molecule has 3 atom stereocenters. The van der Waals surface area contributed by atoms with Crippen molar-refractivity contribution in [3.8, 4) is 0 Å². The van der Waals surface area contributed by atoms with Gasteiger partial charge in [-0.05, 0) is 58.3 Å². The molecule has 2 aliphatic rings. The summed E-state index contributed by atoms with van der Waals surface area (Å²) >= 11 is 0. The molecular weight excluding hydrogens is 310 g/mol. The van der Waals surface area contributed by atoms with Gasteiger partial charge in [0, 0.05) is 24.3 Å². The van der Waals surface area contributed by atoms with Crippen molar-refractivity contribution in [3.05, 3.63) is 29.8 Å². The smallest absolute Gasteiger partial charge is 0.244 e. The van der Waals surface area contributed by atoms with Crippen LogP contribution in [-0.4, -0.2) is 49.1 Å². The number of likely N-dealkylation sites (N-methyl/N-ethyl adjacent to an activating group) is 1. The van der Waals surface area contributed by atoms with Crippen molar-refractivity contribution < 1.29 is 4.79 Å². The van der Waals surface area contributed by atoms with E-state index in [9.17, 15) is 4.79 Å². The molecule has 23 heavy (non-hydrogen) atoms. The van der Waals surface area contributed by atoms with Crippen LogP contribution in [0, 0.1) is 0 Å². The first-order chi connectivity index (χ1) is 10.6. The lowest BCUT2D eigenvalue weighted by molar-refractivity contribution is -0.124. The monoisotopic (exact) mass is 337 g/mol. The molecule has 0 radical (unpaired) electrons. The van der Waals surface area contributed by atoms with Gasteiger partial charge in [-0.15, -0.1) is 12.4 Å². The Bertz CT molecular complexity index is 551. The standard InChI is InChI=1S/C18H27N3O.ClH/c1-13-11-15-7-4-5-9-17(15)21(13)18(22)14(2)20-10-6-8-16(12-20)19-3;/h4-5,7,9,13-14,16,19H,6,8,10-12H2,1-3H3;1H. The number of para-hydroxylation sites is 1. The molecule has 1 aromatic rings. The number of nitrogens with one attached hydrogen (secondary N) is 1. The first-order valence-corrected chi connectivity index (χ1v) is 8.44. The molecule has 2 aliphatic heterocycles. The molecule has 1 fully saturated rings. The number of halogens is 1. The summed E-state index contributed by atoms with van der Waals surface area (Å²) in [5, 5.41) is 3.36. The summed E-state index contributed by atoms with van der Waals surface area (Å²) in [6, 6.07) is 9.03. The average Bonchev–Trinajstić information content (AvgIpc) is 2.89. The lowest BCUT2D eigenvalue weighted by Crippen LogP contribution is -2.54. The fourth-order valence-corrected chi connectivity index (χ4v) is 3.85. The Morgan fingerprint density at radius 3 is 2.83 bits per heavy atom. The van der Waals surface area contributed by atoms with Crippen LogP contribution in [0.1, 0.15) is 32.3 Å². The molecule has 1 N–H and O–H groups in total. The summed E-state index contributed by atoms with van der Waals surface area (Å²) in [4.78, 5) is 17.4. The Kier molecular flexibility index (Phi) is 6.06. The molecule has 3 rings (SSSR count). The summed E-state index contributed by atoms with van der Waals surface area (Å²) in [6.07, 6.45) is 3.33. The number of fused-ring (bicyclic) bond motifs is 1. The Morgan fingerprint density at radius 2 is 2.09 bits per heavy atom. The number of hydrogen-bond acceptors (Lipinski definition) is 3. The zero-order valence-electron chi connectivity index (χ0n) is 14.3. The second-order valence-corrected chi connectivity index (χ2v) is 6.69. The van der Waals surface area contributed by atoms with Gasteiger partial charge in [-0.3, -0.25) is 9.69 Å². The van der Waals surface area contributed by atoms with Crippen LogP contribution in [0.5, 0.6) is 0 Å². The van der Waals surface area contributed by atoms with Crippen molar-refractivity contribution in [2.75, 3.05) is 25.0 Å². The van der Waals surface area contributed by atoms with Crippen LogP contribution in [0.3, 0.4) is 0 Å². The minimum absolute atomic E-state index is 0. The third kappa shape index (κ3) is 3.54. The normalized spacial score (nSPS) is 25.6. The predicted molar refractivity (Wildman–Crippen MR) is 97.5 cm³/mol. The van der Waals surface area contributed by atoms with Gasteiger partial charge in [-0.1, -0.05) is 18.2 Å². The highest BCUT2D eigenvalue weighted by molar-refractivity contribution is 5.99. The molecule has 2 heterocycles. The number of hydrogen-bond donors (Lipinski definition) is 1. The van der Waals surface area contributed by atoms with Gasteiger partial charge < -0.3 is 10.2 Å². The van der Waals surface area contributed by atoms with Crippen molar-refractivity contribution in [3.63, 3.8) is 0 Å². The number of piperidine rings is 1. The second-order valence-electron chi connectivity index (χ2n) is 6.69. The minimum Gasteiger partial charge on any atom is -0.316 e. The lowest BCUT2D eigenvalue weighted by Gasteiger charge is -2.38. The molecule has 0 aliphatic carbocycles. The van der Waals surface area contributed by atoms with E-state index in [0.29, 0.717) is 6.04 Å². The highest BCUT2D eigenvalue weighted by Crippen LogP contribution is 2.32. The SMILES string of the molecule is CNC1CCCN(C(C)C(=O)N2c3ccccc3CC2C)C1.Cl. The third-order valence-corrected chi connectivity index (χ3v) is 5.21. The summed E-state index contributed by atoms with van der Waals surface area (Å²) in [6.45, 7) is 6.20. The first-order valence-electron chi connectivity index (χ1n) is 8.44. The molecule has 1 aromatic carbocycles. The van der Waals surface area contributed by atoms with Gasteiger partial charge in [0.05, 0.1) is 6.04 Å². The molecule has 0 spiro atoms. The molecule has 0 bridgehead atoms. The number of anilines is 1. The number of nitrogens with zero attached hydrogens (tertiary/aromatic N) is 2. The maximum absolute atomic E-state index is 13.1. The van der Waals surface area contributed by atoms with E-state index in [1.54, 1.807) is 0 Å². The van der Waals surface area contributed by atoms with Gasteiger partial charge in [-0.25, -0.2) is 0 Å². The molecule has 0 saturated carbocycles. The van der Waals surface area contributed by atoms with Crippen LogP contribution in [0.15, 0.2) is 24.3 Å².